The third kappa shape index (κ3) is 2.66. The predicted octanol–water partition coefficient (Wildman–Crippen LogP) is 3.21. The molecule has 1 saturated heterocycles. The van der Waals surface area contributed by atoms with Crippen molar-refractivity contribution in [3.05, 3.63) is 64.2 Å². The summed E-state index contributed by atoms with van der Waals surface area (Å²) in [5, 5.41) is 11.2. The molecule has 2 aliphatic heterocycles. The lowest BCUT2D eigenvalue weighted by molar-refractivity contribution is 0.0695. The van der Waals surface area contributed by atoms with Gasteiger partial charge in [0.2, 0.25) is 5.43 Å². The average Bonchev–Trinajstić information content (AvgIpc) is 3.22. The van der Waals surface area contributed by atoms with Crippen molar-refractivity contribution in [1.82, 2.24) is 4.57 Å². The number of carboxylic acid groups (broad SMARTS) is 1. The Bertz CT molecular complexity index is 1580. The van der Waals surface area contributed by atoms with Gasteiger partial charge < -0.3 is 30.8 Å². The van der Waals surface area contributed by atoms with Crippen molar-refractivity contribution in [2.75, 3.05) is 23.7 Å². The van der Waals surface area contributed by atoms with Crippen molar-refractivity contribution in [2.45, 2.75) is 12.5 Å². The summed E-state index contributed by atoms with van der Waals surface area (Å²) in [5.74, 6) is -1.70. The SMILES string of the molecule is Nc1c(F)c(N2CCC(N)C2)c2c3c1c(=O)c(C(=O)O)cn3-c1cc3ccccc3cc1O2. The Balaban J connectivity index is 1.79. The van der Waals surface area contributed by atoms with Crippen LogP contribution in [0.15, 0.2) is 47.4 Å². The first-order valence-electron chi connectivity index (χ1n) is 10.5. The van der Waals surface area contributed by atoms with E-state index in [1.807, 2.05) is 36.4 Å². The van der Waals surface area contributed by atoms with Gasteiger partial charge >= 0.3 is 5.97 Å². The Kier molecular flexibility index (Phi) is 3.97. The van der Waals surface area contributed by atoms with Crippen molar-refractivity contribution < 1.29 is 19.0 Å². The number of ether oxygens (including phenoxy) is 1. The standard InChI is InChI=1S/C24H19FN4O4/c25-18-19(27)17-20-23(21(18)28-6-5-13(26)9-28)33-16-8-12-4-2-1-3-11(12)7-15(16)29(20)10-14(22(17)30)24(31)32/h1-4,7-8,10,13H,5-6,9,26-27H2,(H,31,32). The fourth-order valence-electron chi connectivity index (χ4n) is 4.84. The van der Waals surface area contributed by atoms with Gasteiger partial charge in [0.1, 0.15) is 16.8 Å². The molecule has 5 N–H and O–H groups in total. The molecule has 4 aromatic rings. The number of nitrogen functional groups attached to an aromatic ring is 1. The van der Waals surface area contributed by atoms with E-state index in [0.29, 0.717) is 30.9 Å². The third-order valence-corrected chi connectivity index (χ3v) is 6.42. The largest absolute Gasteiger partial charge is 0.477 e. The van der Waals surface area contributed by atoms with Crippen LogP contribution < -0.4 is 26.5 Å². The zero-order chi connectivity index (χ0) is 23.0. The monoisotopic (exact) mass is 446 g/mol. The number of anilines is 2. The molecule has 0 radical (unpaired) electrons. The smallest absolute Gasteiger partial charge is 0.341 e. The van der Waals surface area contributed by atoms with Crippen LogP contribution in [0.5, 0.6) is 11.5 Å². The molecule has 1 aromatic heterocycles. The Morgan fingerprint density at radius 1 is 1.21 bits per heavy atom. The number of halogens is 1. The molecule has 0 saturated carbocycles. The van der Waals surface area contributed by atoms with E-state index in [1.54, 1.807) is 9.47 Å². The van der Waals surface area contributed by atoms with Crippen molar-refractivity contribution >= 4 is 39.0 Å². The number of pyridine rings is 1. The minimum Gasteiger partial charge on any atom is -0.477 e. The Morgan fingerprint density at radius 2 is 1.94 bits per heavy atom. The summed E-state index contributed by atoms with van der Waals surface area (Å²) in [6, 6.07) is 11.1. The Labute approximate surface area is 186 Å². The quantitative estimate of drug-likeness (QED) is 0.356. The van der Waals surface area contributed by atoms with Crippen molar-refractivity contribution in [1.29, 1.82) is 0 Å². The van der Waals surface area contributed by atoms with Crippen LogP contribution in [0.2, 0.25) is 0 Å². The minimum atomic E-state index is -1.42. The molecule has 0 amide bonds. The van der Waals surface area contributed by atoms with Gasteiger partial charge in [0.15, 0.2) is 17.3 Å². The molecule has 1 atom stereocenters. The summed E-state index contributed by atoms with van der Waals surface area (Å²) in [7, 11) is 0. The summed E-state index contributed by atoms with van der Waals surface area (Å²) in [6.45, 7) is 0.904. The number of nitrogens with zero attached hydrogens (tertiary/aromatic N) is 2. The normalized spacial score (nSPS) is 16.8. The van der Waals surface area contributed by atoms with Gasteiger partial charge in [0.05, 0.1) is 16.8 Å². The lowest BCUT2D eigenvalue weighted by Crippen LogP contribution is -2.29. The van der Waals surface area contributed by atoms with Gasteiger partial charge in [-0.3, -0.25) is 4.79 Å². The number of hydrogen-bond donors (Lipinski definition) is 3. The Morgan fingerprint density at radius 3 is 2.61 bits per heavy atom. The van der Waals surface area contributed by atoms with Crippen molar-refractivity contribution in [3.8, 4) is 17.2 Å². The van der Waals surface area contributed by atoms with Crippen LogP contribution in [-0.2, 0) is 0 Å². The number of aromatic carboxylic acids is 1. The van der Waals surface area contributed by atoms with Gasteiger partial charge in [0, 0.05) is 25.3 Å². The van der Waals surface area contributed by atoms with Crippen LogP contribution in [0.25, 0.3) is 27.4 Å². The highest BCUT2D eigenvalue weighted by molar-refractivity contribution is 6.05. The number of hydrogen-bond acceptors (Lipinski definition) is 6. The van der Waals surface area contributed by atoms with Crippen LogP contribution in [0, 0.1) is 5.82 Å². The molecular weight excluding hydrogens is 427 g/mol. The molecule has 33 heavy (non-hydrogen) atoms. The maximum Gasteiger partial charge on any atom is 0.341 e. The maximum absolute atomic E-state index is 15.7. The second-order valence-corrected chi connectivity index (χ2v) is 8.44. The molecule has 0 bridgehead atoms. The number of aromatic nitrogens is 1. The van der Waals surface area contributed by atoms with Crippen molar-refractivity contribution in [2.24, 2.45) is 5.73 Å². The lowest BCUT2D eigenvalue weighted by Gasteiger charge is -2.30. The topological polar surface area (TPSA) is 124 Å². The number of carboxylic acids is 1. The molecule has 8 nitrogen and oxygen atoms in total. The van der Waals surface area contributed by atoms with E-state index in [2.05, 4.69) is 0 Å². The van der Waals surface area contributed by atoms with E-state index in [9.17, 15) is 14.7 Å². The van der Waals surface area contributed by atoms with Crippen LogP contribution in [0.4, 0.5) is 15.8 Å². The van der Waals surface area contributed by atoms with Gasteiger partial charge in [-0.05, 0) is 29.3 Å². The van der Waals surface area contributed by atoms with E-state index in [1.165, 1.54) is 6.20 Å². The van der Waals surface area contributed by atoms with E-state index in [-0.39, 0.29) is 28.4 Å². The first-order chi connectivity index (χ1) is 15.8. The first kappa shape index (κ1) is 19.6. The molecule has 3 heterocycles. The van der Waals surface area contributed by atoms with Gasteiger partial charge in [-0.25, -0.2) is 9.18 Å². The second kappa shape index (κ2) is 6.69. The Hall–Kier alpha value is -4.11. The van der Waals surface area contributed by atoms with Gasteiger partial charge in [-0.2, -0.15) is 0 Å². The van der Waals surface area contributed by atoms with Gasteiger partial charge in [-0.1, -0.05) is 24.3 Å². The lowest BCUT2D eigenvalue weighted by atomic mass is 10.0. The maximum atomic E-state index is 15.7. The zero-order valence-electron chi connectivity index (χ0n) is 17.3. The summed E-state index contributed by atoms with van der Waals surface area (Å²) < 4.78 is 23.5. The van der Waals surface area contributed by atoms with E-state index in [0.717, 1.165) is 10.8 Å². The van der Waals surface area contributed by atoms with Crippen LogP contribution in [0.1, 0.15) is 16.8 Å². The predicted molar refractivity (Wildman–Crippen MR) is 123 cm³/mol. The number of carbonyl (C=O) groups is 1. The summed E-state index contributed by atoms with van der Waals surface area (Å²) in [6.07, 6.45) is 1.92. The fraction of sp³-hybridized carbons (Fsp3) is 0.167. The number of rotatable bonds is 2. The first-order valence-corrected chi connectivity index (χ1v) is 10.5. The molecule has 2 aliphatic rings. The highest BCUT2D eigenvalue weighted by Gasteiger charge is 2.34. The van der Waals surface area contributed by atoms with Crippen LogP contribution in [-0.4, -0.2) is 34.8 Å². The molecular formula is C24H19FN4O4. The van der Waals surface area contributed by atoms with Crippen LogP contribution >= 0.6 is 0 Å². The second-order valence-electron chi connectivity index (χ2n) is 8.44. The highest BCUT2D eigenvalue weighted by Crippen LogP contribution is 2.49. The molecule has 0 spiro atoms. The van der Waals surface area contributed by atoms with Gasteiger partial charge in [0.25, 0.3) is 0 Å². The van der Waals surface area contributed by atoms with E-state index in [4.69, 9.17) is 16.2 Å². The van der Waals surface area contributed by atoms with E-state index < -0.39 is 28.5 Å². The van der Waals surface area contributed by atoms with Gasteiger partial charge in [-0.15, -0.1) is 0 Å². The average molecular weight is 446 g/mol. The summed E-state index contributed by atoms with van der Waals surface area (Å²) >= 11 is 0. The number of nitrogens with two attached hydrogens (primary N) is 2. The summed E-state index contributed by atoms with van der Waals surface area (Å²) in [4.78, 5) is 26.7. The minimum absolute atomic E-state index is 0.127. The van der Waals surface area contributed by atoms with E-state index >= 15 is 4.39 Å². The molecule has 1 unspecified atom stereocenters. The van der Waals surface area contributed by atoms with Crippen molar-refractivity contribution in [3.63, 3.8) is 0 Å². The number of fused-ring (bicyclic) bond motifs is 3. The molecule has 6 rings (SSSR count). The summed E-state index contributed by atoms with van der Waals surface area (Å²) in [5.41, 5.74) is 11.3. The number of benzene rings is 3. The fourth-order valence-corrected chi connectivity index (χ4v) is 4.84. The molecule has 1 fully saturated rings. The molecule has 166 valence electrons. The highest BCUT2D eigenvalue weighted by atomic mass is 19.1. The van der Waals surface area contributed by atoms with Crippen LogP contribution in [0.3, 0.4) is 0 Å². The zero-order valence-corrected chi connectivity index (χ0v) is 17.3. The third-order valence-electron chi connectivity index (χ3n) is 6.42. The molecule has 9 heteroatoms. The molecule has 0 aliphatic carbocycles. The molecule has 3 aromatic carbocycles.